The Morgan fingerprint density at radius 2 is 2.04 bits per heavy atom. The average molecular weight is 309 g/mol. The maximum absolute atomic E-state index is 6.01. The summed E-state index contributed by atoms with van der Waals surface area (Å²) in [6.07, 6.45) is 6.57. The number of aliphatic imine (C=N–C) groups is 1. The van der Waals surface area contributed by atoms with Crippen molar-refractivity contribution in [3.8, 4) is 0 Å². The summed E-state index contributed by atoms with van der Waals surface area (Å²) in [4.78, 5) is 8.58. The average Bonchev–Trinajstić information content (AvgIpc) is 2.60. The van der Waals surface area contributed by atoms with E-state index in [1.54, 1.807) is 6.20 Å². The van der Waals surface area contributed by atoms with Gasteiger partial charge in [0.25, 0.3) is 0 Å². The van der Waals surface area contributed by atoms with Crippen LogP contribution in [-0.4, -0.2) is 24.0 Å². The SMILES string of the molecule is NC(=NCCNc1ccccn1)Nc1cccc2c1CCCC2. The molecule has 1 aromatic heterocycles. The van der Waals surface area contributed by atoms with E-state index in [0.717, 1.165) is 24.3 Å². The lowest BCUT2D eigenvalue weighted by molar-refractivity contribution is 0.687. The topological polar surface area (TPSA) is 75.3 Å². The third-order valence-electron chi connectivity index (χ3n) is 4.02. The minimum atomic E-state index is 0.465. The van der Waals surface area contributed by atoms with E-state index >= 15 is 0 Å². The van der Waals surface area contributed by atoms with Crippen molar-refractivity contribution in [3.05, 3.63) is 53.7 Å². The highest BCUT2D eigenvalue weighted by Crippen LogP contribution is 2.27. The Labute approximate surface area is 137 Å². The predicted molar refractivity (Wildman–Crippen MR) is 95.9 cm³/mol. The van der Waals surface area contributed by atoms with Crippen molar-refractivity contribution in [2.24, 2.45) is 10.7 Å². The van der Waals surface area contributed by atoms with Gasteiger partial charge in [-0.05, 0) is 55.0 Å². The Morgan fingerprint density at radius 1 is 1.13 bits per heavy atom. The lowest BCUT2D eigenvalue weighted by atomic mass is 9.90. The summed E-state index contributed by atoms with van der Waals surface area (Å²) in [5.74, 6) is 1.32. The Bertz CT molecular complexity index is 666. The number of nitrogens with one attached hydrogen (secondary N) is 2. The molecule has 0 fully saturated rings. The van der Waals surface area contributed by atoms with Gasteiger partial charge < -0.3 is 16.4 Å². The standard InChI is InChI=1S/C18H23N5/c19-18(22-13-12-21-17-10-3-4-11-20-17)23-16-9-5-7-14-6-1-2-8-15(14)16/h3-5,7,9-11H,1-2,6,8,12-13H2,(H,20,21)(H3,19,22,23). The Morgan fingerprint density at radius 3 is 2.91 bits per heavy atom. The van der Waals surface area contributed by atoms with Gasteiger partial charge in [0, 0.05) is 18.4 Å². The molecule has 3 rings (SSSR count). The zero-order chi connectivity index (χ0) is 15.9. The van der Waals surface area contributed by atoms with E-state index in [9.17, 15) is 0 Å². The summed E-state index contributed by atoms with van der Waals surface area (Å²) < 4.78 is 0. The number of pyridine rings is 1. The van der Waals surface area contributed by atoms with Crippen LogP contribution in [-0.2, 0) is 12.8 Å². The monoisotopic (exact) mass is 309 g/mol. The van der Waals surface area contributed by atoms with Gasteiger partial charge in [-0.3, -0.25) is 4.99 Å². The van der Waals surface area contributed by atoms with Crippen LogP contribution in [0.5, 0.6) is 0 Å². The molecule has 1 aromatic carbocycles. The molecule has 0 aliphatic heterocycles. The van der Waals surface area contributed by atoms with Gasteiger partial charge in [-0.25, -0.2) is 4.98 Å². The molecule has 0 saturated carbocycles. The molecule has 0 spiro atoms. The molecule has 5 nitrogen and oxygen atoms in total. The highest BCUT2D eigenvalue weighted by molar-refractivity contribution is 5.93. The number of fused-ring (bicyclic) bond motifs is 1. The molecular formula is C18H23N5. The molecule has 1 heterocycles. The van der Waals surface area contributed by atoms with Crippen LogP contribution in [0.1, 0.15) is 24.0 Å². The van der Waals surface area contributed by atoms with Crippen molar-refractivity contribution in [3.63, 3.8) is 0 Å². The molecule has 120 valence electrons. The zero-order valence-corrected chi connectivity index (χ0v) is 13.3. The second kappa shape index (κ2) is 7.63. The van der Waals surface area contributed by atoms with Crippen molar-refractivity contribution < 1.29 is 0 Å². The van der Waals surface area contributed by atoms with Crippen LogP contribution < -0.4 is 16.4 Å². The molecule has 0 bridgehead atoms. The number of rotatable bonds is 5. The van der Waals surface area contributed by atoms with Gasteiger partial charge >= 0.3 is 0 Å². The number of nitrogens with zero attached hydrogens (tertiary/aromatic N) is 2. The van der Waals surface area contributed by atoms with Crippen LogP contribution in [0.25, 0.3) is 0 Å². The maximum Gasteiger partial charge on any atom is 0.193 e. The molecule has 0 unspecified atom stereocenters. The number of aryl methyl sites for hydroxylation is 1. The van der Waals surface area contributed by atoms with Crippen molar-refractivity contribution in [1.29, 1.82) is 0 Å². The highest BCUT2D eigenvalue weighted by atomic mass is 15.1. The van der Waals surface area contributed by atoms with E-state index < -0.39 is 0 Å². The first-order chi connectivity index (χ1) is 11.3. The number of hydrogen-bond acceptors (Lipinski definition) is 3. The molecule has 5 heteroatoms. The minimum absolute atomic E-state index is 0.465. The normalized spacial score (nSPS) is 14.2. The molecule has 0 amide bonds. The van der Waals surface area contributed by atoms with Gasteiger partial charge in [0.1, 0.15) is 5.82 Å². The van der Waals surface area contributed by atoms with Crippen LogP contribution in [0.4, 0.5) is 11.5 Å². The zero-order valence-electron chi connectivity index (χ0n) is 13.3. The molecule has 1 aliphatic rings. The smallest absolute Gasteiger partial charge is 0.193 e. The van der Waals surface area contributed by atoms with Gasteiger partial charge in [0.05, 0.1) is 6.54 Å². The van der Waals surface area contributed by atoms with Crippen LogP contribution in [0.2, 0.25) is 0 Å². The Balaban J connectivity index is 1.53. The first-order valence-electron chi connectivity index (χ1n) is 8.15. The fourth-order valence-corrected chi connectivity index (χ4v) is 2.90. The molecule has 4 N–H and O–H groups in total. The van der Waals surface area contributed by atoms with Crippen molar-refractivity contribution in [2.45, 2.75) is 25.7 Å². The number of hydrogen-bond donors (Lipinski definition) is 3. The number of benzene rings is 1. The molecule has 0 atom stereocenters. The number of anilines is 2. The largest absolute Gasteiger partial charge is 0.370 e. The summed E-state index contributed by atoms with van der Waals surface area (Å²) in [6.45, 7) is 1.30. The first kappa shape index (κ1) is 15.3. The lowest BCUT2D eigenvalue weighted by Gasteiger charge is -2.19. The van der Waals surface area contributed by atoms with E-state index in [2.05, 4.69) is 38.8 Å². The van der Waals surface area contributed by atoms with Crippen molar-refractivity contribution in [1.82, 2.24) is 4.98 Å². The maximum atomic E-state index is 6.01. The van der Waals surface area contributed by atoms with Gasteiger partial charge in [-0.2, -0.15) is 0 Å². The number of guanidine groups is 1. The quantitative estimate of drug-likeness (QED) is 0.451. The molecule has 0 radical (unpaired) electrons. The van der Waals surface area contributed by atoms with Crippen LogP contribution in [0.15, 0.2) is 47.6 Å². The first-order valence-corrected chi connectivity index (χ1v) is 8.15. The van der Waals surface area contributed by atoms with Crippen LogP contribution in [0.3, 0.4) is 0 Å². The summed E-state index contributed by atoms with van der Waals surface area (Å²) in [5, 5.41) is 6.47. The summed E-state index contributed by atoms with van der Waals surface area (Å²) in [6, 6.07) is 12.2. The minimum Gasteiger partial charge on any atom is -0.370 e. The third kappa shape index (κ3) is 4.22. The van der Waals surface area contributed by atoms with Gasteiger partial charge in [-0.15, -0.1) is 0 Å². The second-order valence-corrected chi connectivity index (χ2v) is 5.68. The van der Waals surface area contributed by atoms with Gasteiger partial charge in [0.2, 0.25) is 0 Å². The lowest BCUT2D eigenvalue weighted by Crippen LogP contribution is -2.25. The molecular weight excluding hydrogens is 286 g/mol. The van der Waals surface area contributed by atoms with E-state index in [-0.39, 0.29) is 0 Å². The third-order valence-corrected chi connectivity index (χ3v) is 4.02. The molecule has 2 aromatic rings. The van der Waals surface area contributed by atoms with E-state index in [1.807, 2.05) is 18.2 Å². The number of nitrogens with two attached hydrogens (primary N) is 1. The van der Waals surface area contributed by atoms with Crippen molar-refractivity contribution >= 4 is 17.5 Å². The fourth-order valence-electron chi connectivity index (χ4n) is 2.90. The van der Waals surface area contributed by atoms with E-state index in [4.69, 9.17) is 5.73 Å². The number of aromatic nitrogens is 1. The Hall–Kier alpha value is -2.56. The van der Waals surface area contributed by atoms with E-state index in [1.165, 1.54) is 24.0 Å². The molecule has 23 heavy (non-hydrogen) atoms. The van der Waals surface area contributed by atoms with Gasteiger partial charge in [0.15, 0.2) is 5.96 Å². The van der Waals surface area contributed by atoms with Gasteiger partial charge in [-0.1, -0.05) is 18.2 Å². The molecule has 0 saturated heterocycles. The van der Waals surface area contributed by atoms with Crippen molar-refractivity contribution in [2.75, 3.05) is 23.7 Å². The second-order valence-electron chi connectivity index (χ2n) is 5.68. The summed E-state index contributed by atoms with van der Waals surface area (Å²) >= 11 is 0. The van der Waals surface area contributed by atoms with Crippen LogP contribution in [0, 0.1) is 0 Å². The predicted octanol–water partition coefficient (Wildman–Crippen LogP) is 2.80. The fraction of sp³-hybridized carbons (Fsp3) is 0.333. The summed E-state index contributed by atoms with van der Waals surface area (Å²) in [7, 11) is 0. The molecule has 1 aliphatic carbocycles. The van der Waals surface area contributed by atoms with E-state index in [0.29, 0.717) is 19.0 Å². The highest BCUT2D eigenvalue weighted by Gasteiger charge is 2.12. The van der Waals surface area contributed by atoms with Crippen LogP contribution >= 0.6 is 0 Å². The Kier molecular flexibility index (Phi) is 5.09. The summed E-state index contributed by atoms with van der Waals surface area (Å²) in [5.41, 5.74) is 9.94.